The molecule has 1 spiro atoms. The molecule has 3 aliphatic rings. The van der Waals surface area contributed by atoms with Crippen molar-refractivity contribution in [2.75, 3.05) is 0 Å². The van der Waals surface area contributed by atoms with E-state index < -0.39 is 21.6 Å². The van der Waals surface area contributed by atoms with Crippen LogP contribution in [0.1, 0.15) is 52.6 Å². The van der Waals surface area contributed by atoms with Crippen molar-refractivity contribution in [3.05, 3.63) is 167 Å². The Labute approximate surface area is 311 Å². The van der Waals surface area contributed by atoms with E-state index in [-0.39, 0.29) is 0 Å². The summed E-state index contributed by atoms with van der Waals surface area (Å²) in [5.41, 5.74) is 7.77. The first-order chi connectivity index (χ1) is 25.4. The Morgan fingerprint density at radius 2 is 0.769 bits per heavy atom. The Hall–Kier alpha value is -4.22. The van der Waals surface area contributed by atoms with E-state index >= 15 is 0 Å². The summed E-state index contributed by atoms with van der Waals surface area (Å²) in [4.78, 5) is 0. The molecule has 0 amide bonds. The van der Waals surface area contributed by atoms with Gasteiger partial charge in [-0.25, -0.2) is 0 Å². The van der Waals surface area contributed by atoms with Crippen molar-refractivity contribution in [1.29, 1.82) is 0 Å². The second-order valence-corrected chi connectivity index (χ2v) is 19.6. The Kier molecular flexibility index (Phi) is 8.82. The fourth-order valence-corrected chi connectivity index (χ4v) is 13.5. The highest BCUT2D eigenvalue weighted by atomic mass is 31.1. The summed E-state index contributed by atoms with van der Waals surface area (Å²) in [5, 5.41) is 7.98. The monoisotopic (exact) mass is 716 g/mol. The van der Waals surface area contributed by atoms with Gasteiger partial charge in [-0.05, 0) is 102 Å². The summed E-state index contributed by atoms with van der Waals surface area (Å²) in [6.45, 7) is 8.68. The zero-order valence-corrected chi connectivity index (χ0v) is 32.4. The van der Waals surface area contributed by atoms with Crippen LogP contribution in [0.3, 0.4) is 0 Å². The molecular weight excluding hydrogens is 670 g/mol. The number of hydrogen-bond donors (Lipinski definition) is 0. The molecule has 6 aromatic rings. The van der Waals surface area contributed by atoms with Crippen molar-refractivity contribution in [2.24, 2.45) is 11.8 Å². The van der Waals surface area contributed by atoms with Gasteiger partial charge in [-0.2, -0.15) is 0 Å². The van der Waals surface area contributed by atoms with Crippen LogP contribution in [-0.2, 0) is 12.8 Å². The molecule has 0 radical (unpaired) electrons. The minimum absolute atomic E-state index is 0.296. The fraction of sp³-hybridized carbons (Fsp3) is 0.250. The van der Waals surface area contributed by atoms with Gasteiger partial charge in [0.2, 0.25) is 0 Å². The van der Waals surface area contributed by atoms with Gasteiger partial charge in [0.25, 0.3) is 5.79 Å². The summed E-state index contributed by atoms with van der Waals surface area (Å²) in [7, 11) is -1.70. The minimum Gasteiger partial charge on any atom is -0.451 e. The zero-order valence-electron chi connectivity index (χ0n) is 30.6. The Morgan fingerprint density at radius 1 is 0.442 bits per heavy atom. The number of fused-ring (bicyclic) bond motifs is 2. The van der Waals surface area contributed by atoms with Crippen LogP contribution in [0.5, 0.6) is 11.5 Å². The van der Waals surface area contributed by atoms with Crippen molar-refractivity contribution in [1.82, 2.24) is 0 Å². The normalized spacial score (nSPS) is 20.3. The molecule has 0 N–H and O–H groups in total. The van der Waals surface area contributed by atoms with Crippen molar-refractivity contribution in [2.45, 2.75) is 65.6 Å². The molecule has 1 fully saturated rings. The van der Waals surface area contributed by atoms with Gasteiger partial charge in [0, 0.05) is 22.4 Å². The highest BCUT2D eigenvalue weighted by Crippen LogP contribution is 2.55. The van der Waals surface area contributed by atoms with Gasteiger partial charge in [-0.3, -0.25) is 0 Å². The van der Waals surface area contributed by atoms with Crippen LogP contribution in [0.4, 0.5) is 0 Å². The highest BCUT2D eigenvalue weighted by Gasteiger charge is 2.57. The maximum absolute atomic E-state index is 7.67. The van der Waals surface area contributed by atoms with E-state index in [2.05, 4.69) is 161 Å². The molecular formula is C48H46O2P2. The molecule has 2 nitrogen and oxygen atoms in total. The second-order valence-electron chi connectivity index (χ2n) is 15.2. The van der Waals surface area contributed by atoms with E-state index in [1.807, 2.05) is 0 Å². The van der Waals surface area contributed by atoms with Gasteiger partial charge in [-0.1, -0.05) is 162 Å². The zero-order chi connectivity index (χ0) is 35.4. The third-order valence-electron chi connectivity index (χ3n) is 11.5. The molecule has 2 aliphatic heterocycles. The predicted octanol–water partition coefficient (Wildman–Crippen LogP) is 9.12. The quantitative estimate of drug-likeness (QED) is 0.160. The molecule has 52 heavy (non-hydrogen) atoms. The molecule has 0 aromatic heterocycles. The molecule has 1 aliphatic carbocycles. The molecule has 4 heteroatoms. The molecule has 260 valence electrons. The smallest absolute Gasteiger partial charge is 0.257 e. The molecule has 2 atom stereocenters. The molecule has 2 unspecified atom stereocenters. The van der Waals surface area contributed by atoms with E-state index in [1.165, 1.54) is 71.6 Å². The Balaban J connectivity index is 1.18. The average molecular weight is 717 g/mol. The summed E-state index contributed by atoms with van der Waals surface area (Å²) < 4.78 is 15.3. The number of benzene rings is 6. The largest absolute Gasteiger partial charge is 0.451 e. The van der Waals surface area contributed by atoms with E-state index in [0.29, 0.717) is 11.8 Å². The minimum atomic E-state index is -0.850. The third kappa shape index (κ3) is 5.99. The van der Waals surface area contributed by atoms with Crippen molar-refractivity contribution in [3.63, 3.8) is 0 Å². The predicted molar refractivity (Wildman–Crippen MR) is 221 cm³/mol. The van der Waals surface area contributed by atoms with Crippen LogP contribution in [0.2, 0.25) is 0 Å². The molecule has 1 saturated carbocycles. The first-order valence-electron chi connectivity index (χ1n) is 18.8. The summed E-state index contributed by atoms with van der Waals surface area (Å²) in [5.74, 6) is 2.00. The number of ether oxygens (including phenoxy) is 2. The van der Waals surface area contributed by atoms with E-state index in [4.69, 9.17) is 9.47 Å². The maximum atomic E-state index is 7.67. The third-order valence-corrected chi connectivity index (χ3v) is 16.4. The van der Waals surface area contributed by atoms with Gasteiger partial charge in [0.05, 0.1) is 0 Å². The van der Waals surface area contributed by atoms with Crippen LogP contribution in [-0.4, -0.2) is 5.79 Å². The standard InChI is InChI=1S/C48H46O2P2/c1-32-14-22-40(23-15-32)51(41-24-16-33(2)17-25-41)44-12-5-8-36-30-38-10-7-11-39-31-37-9-6-13-45(47(37)50-48(38,39)49-46(36)44)52(42-26-18-34(3)19-27-42)43-28-20-35(4)21-29-43/h5-6,8-9,12-29,38-39H,7,10-11,30-31H2,1-4H3. The lowest BCUT2D eigenvalue weighted by molar-refractivity contribution is -0.225. The van der Waals surface area contributed by atoms with Gasteiger partial charge in [0.1, 0.15) is 11.5 Å². The fourth-order valence-electron chi connectivity index (χ4n) is 8.72. The second kappa shape index (κ2) is 13.6. The van der Waals surface area contributed by atoms with Gasteiger partial charge in [-0.15, -0.1) is 0 Å². The summed E-state index contributed by atoms with van der Waals surface area (Å²) in [6.07, 6.45) is 5.41. The van der Waals surface area contributed by atoms with Gasteiger partial charge < -0.3 is 9.47 Å². The maximum Gasteiger partial charge on any atom is 0.257 e. The molecule has 2 heterocycles. The molecule has 0 bridgehead atoms. The summed E-state index contributed by atoms with van der Waals surface area (Å²) in [6, 6.07) is 50.4. The van der Waals surface area contributed by atoms with Gasteiger partial charge in [0.15, 0.2) is 0 Å². The van der Waals surface area contributed by atoms with E-state index in [0.717, 1.165) is 37.2 Å². The van der Waals surface area contributed by atoms with Crippen LogP contribution >= 0.6 is 15.8 Å². The van der Waals surface area contributed by atoms with Gasteiger partial charge >= 0.3 is 0 Å². The molecule has 6 aromatic carbocycles. The van der Waals surface area contributed by atoms with Crippen molar-refractivity contribution in [3.8, 4) is 11.5 Å². The van der Waals surface area contributed by atoms with Crippen molar-refractivity contribution >= 4 is 47.7 Å². The topological polar surface area (TPSA) is 18.5 Å². The SMILES string of the molecule is Cc1ccc(P(c2ccc(C)cc2)c2cccc3c2OC24Oc5c(cccc5P(c5ccc(C)cc5)c5ccc(C)cc5)CC2CCCC4C3)cc1. The number of para-hydroxylation sites is 2. The number of rotatable bonds is 6. The van der Waals surface area contributed by atoms with Crippen LogP contribution in [0.15, 0.2) is 133 Å². The first-order valence-corrected chi connectivity index (χ1v) is 21.5. The molecule has 0 saturated heterocycles. The highest BCUT2D eigenvalue weighted by molar-refractivity contribution is 7.80. The number of aryl methyl sites for hydroxylation is 4. The molecule has 9 rings (SSSR count). The van der Waals surface area contributed by atoms with Crippen LogP contribution in [0.25, 0.3) is 0 Å². The Bertz CT molecular complexity index is 1970. The van der Waals surface area contributed by atoms with E-state index in [9.17, 15) is 0 Å². The van der Waals surface area contributed by atoms with Crippen molar-refractivity contribution < 1.29 is 9.47 Å². The lowest BCUT2D eigenvalue weighted by atomic mass is 9.68. The van der Waals surface area contributed by atoms with Crippen LogP contribution < -0.4 is 41.3 Å². The van der Waals surface area contributed by atoms with Crippen LogP contribution in [0, 0.1) is 39.5 Å². The summed E-state index contributed by atoms with van der Waals surface area (Å²) >= 11 is 0. The number of hydrogen-bond acceptors (Lipinski definition) is 2. The Morgan fingerprint density at radius 3 is 1.10 bits per heavy atom. The first kappa shape index (κ1) is 33.6. The lowest BCUT2D eigenvalue weighted by Gasteiger charge is -2.54. The van der Waals surface area contributed by atoms with E-state index in [1.54, 1.807) is 0 Å². The average Bonchev–Trinajstić information content (AvgIpc) is 3.16. The lowest BCUT2D eigenvalue weighted by Crippen LogP contribution is -2.62.